The van der Waals surface area contributed by atoms with Crippen LogP contribution in [0.3, 0.4) is 0 Å². The van der Waals surface area contributed by atoms with E-state index in [0.29, 0.717) is 6.42 Å². The van der Waals surface area contributed by atoms with Crippen LogP contribution in [-0.4, -0.2) is 59.3 Å². The average Bonchev–Trinajstić information content (AvgIpc) is 2.96. The van der Waals surface area contributed by atoms with Crippen LogP contribution in [0.4, 0.5) is 0 Å². The normalized spacial score (nSPS) is 20.5. The van der Waals surface area contributed by atoms with Crippen LogP contribution < -0.4 is 16.0 Å². The lowest BCUT2D eigenvalue weighted by molar-refractivity contribution is -0.143. The predicted octanol–water partition coefficient (Wildman–Crippen LogP) is -1.17. The van der Waals surface area contributed by atoms with Gasteiger partial charge in [-0.2, -0.15) is 0 Å². The molecule has 1 heterocycles. The summed E-state index contributed by atoms with van der Waals surface area (Å²) in [6.07, 6.45) is 2.02. The molecule has 0 aromatic rings. The number of amides is 2. The molecule has 5 N–H and O–H groups in total. The molecule has 126 valence electrons. The maximum Gasteiger partial charge on any atom is 0.328 e. The molecule has 8 nitrogen and oxygen atoms in total. The molecule has 1 fully saturated rings. The molecule has 1 aliphatic rings. The highest BCUT2D eigenvalue weighted by molar-refractivity contribution is 5.91. The smallest absolute Gasteiger partial charge is 0.328 e. The Kier molecular flexibility index (Phi) is 7.26. The van der Waals surface area contributed by atoms with Crippen molar-refractivity contribution in [2.45, 2.75) is 51.2 Å². The Hall–Kier alpha value is -1.67. The first-order chi connectivity index (χ1) is 10.3. The van der Waals surface area contributed by atoms with Crippen LogP contribution >= 0.6 is 0 Å². The second-order valence-electron chi connectivity index (χ2n) is 5.92. The van der Waals surface area contributed by atoms with Crippen molar-refractivity contribution < 1.29 is 24.6 Å². The van der Waals surface area contributed by atoms with Gasteiger partial charge in [0.15, 0.2) is 0 Å². The van der Waals surface area contributed by atoms with Crippen LogP contribution in [0.1, 0.15) is 33.1 Å². The summed E-state index contributed by atoms with van der Waals surface area (Å²) in [4.78, 5) is 35.2. The quantitative estimate of drug-likeness (QED) is 0.384. The predicted molar refractivity (Wildman–Crippen MR) is 79.1 cm³/mol. The van der Waals surface area contributed by atoms with E-state index < -0.39 is 30.6 Å². The number of rotatable bonds is 8. The van der Waals surface area contributed by atoms with Gasteiger partial charge < -0.3 is 26.2 Å². The Bertz CT molecular complexity index is 407. The summed E-state index contributed by atoms with van der Waals surface area (Å²) in [5.74, 6) is -2.02. The SMILES string of the molecule is CC(C)C[C@H](NC(=O)[C@@H]1CCCN1)C(=O)N[C@@H](CO)C(=O)O. The number of carbonyl (C=O) groups is 3. The molecule has 1 rings (SSSR count). The van der Waals surface area contributed by atoms with Crippen LogP contribution in [0, 0.1) is 5.92 Å². The Morgan fingerprint density at radius 1 is 1.23 bits per heavy atom. The molecule has 3 atom stereocenters. The van der Waals surface area contributed by atoms with E-state index in [1.54, 1.807) is 0 Å². The number of carboxylic acid groups (broad SMARTS) is 1. The van der Waals surface area contributed by atoms with Crippen molar-refractivity contribution in [2.24, 2.45) is 5.92 Å². The maximum absolute atomic E-state index is 12.2. The fourth-order valence-corrected chi connectivity index (χ4v) is 2.34. The highest BCUT2D eigenvalue weighted by Crippen LogP contribution is 2.09. The third-order valence-corrected chi connectivity index (χ3v) is 3.51. The van der Waals surface area contributed by atoms with Crippen molar-refractivity contribution in [3.05, 3.63) is 0 Å². The van der Waals surface area contributed by atoms with Gasteiger partial charge in [0.05, 0.1) is 12.6 Å². The lowest BCUT2D eigenvalue weighted by Crippen LogP contribution is -2.55. The largest absolute Gasteiger partial charge is 0.480 e. The molecule has 0 aliphatic carbocycles. The molecule has 0 aromatic carbocycles. The van der Waals surface area contributed by atoms with Crippen LogP contribution in [0.2, 0.25) is 0 Å². The summed E-state index contributed by atoms with van der Waals surface area (Å²) in [5.41, 5.74) is 0. The maximum atomic E-state index is 12.2. The fraction of sp³-hybridized carbons (Fsp3) is 0.786. The van der Waals surface area contributed by atoms with Gasteiger partial charge in [-0.1, -0.05) is 13.8 Å². The molecule has 8 heteroatoms. The molecule has 0 aromatic heterocycles. The average molecular weight is 315 g/mol. The molecule has 0 bridgehead atoms. The number of aliphatic carboxylic acids is 1. The Morgan fingerprint density at radius 3 is 2.36 bits per heavy atom. The number of carboxylic acids is 1. The van der Waals surface area contributed by atoms with E-state index in [2.05, 4.69) is 16.0 Å². The van der Waals surface area contributed by atoms with Crippen molar-refractivity contribution in [1.82, 2.24) is 16.0 Å². The third-order valence-electron chi connectivity index (χ3n) is 3.51. The van der Waals surface area contributed by atoms with Gasteiger partial charge in [-0.3, -0.25) is 9.59 Å². The minimum absolute atomic E-state index is 0.144. The summed E-state index contributed by atoms with van der Waals surface area (Å²) < 4.78 is 0. The lowest BCUT2D eigenvalue weighted by atomic mass is 10.0. The topological polar surface area (TPSA) is 128 Å². The fourth-order valence-electron chi connectivity index (χ4n) is 2.34. The van der Waals surface area contributed by atoms with Crippen LogP contribution in [0.15, 0.2) is 0 Å². The van der Waals surface area contributed by atoms with Gasteiger partial charge in [0.2, 0.25) is 11.8 Å². The molecular weight excluding hydrogens is 290 g/mol. The van der Waals surface area contributed by atoms with Crippen molar-refractivity contribution in [1.29, 1.82) is 0 Å². The van der Waals surface area contributed by atoms with Crippen molar-refractivity contribution in [3.8, 4) is 0 Å². The highest BCUT2D eigenvalue weighted by Gasteiger charge is 2.29. The minimum Gasteiger partial charge on any atom is -0.480 e. The van der Waals surface area contributed by atoms with Gasteiger partial charge in [0, 0.05) is 0 Å². The summed E-state index contributed by atoms with van der Waals surface area (Å²) in [6.45, 7) is 3.88. The standard InChI is InChI=1S/C14H25N3O5/c1-8(2)6-10(13(20)17-11(7-18)14(21)22)16-12(19)9-4-3-5-15-9/h8-11,15,18H,3-7H2,1-2H3,(H,16,19)(H,17,20)(H,21,22)/t9-,10-,11-/m0/s1. The van der Waals surface area contributed by atoms with Crippen molar-refractivity contribution in [2.75, 3.05) is 13.2 Å². The van der Waals surface area contributed by atoms with Crippen LogP contribution in [0.25, 0.3) is 0 Å². The van der Waals surface area contributed by atoms with Gasteiger partial charge in [0.1, 0.15) is 12.1 Å². The molecule has 1 saturated heterocycles. The van der Waals surface area contributed by atoms with E-state index in [1.807, 2.05) is 13.8 Å². The van der Waals surface area contributed by atoms with Gasteiger partial charge in [0.25, 0.3) is 0 Å². The Labute approximate surface area is 129 Å². The number of nitrogens with one attached hydrogen (secondary N) is 3. The Morgan fingerprint density at radius 2 is 1.91 bits per heavy atom. The zero-order valence-corrected chi connectivity index (χ0v) is 13.0. The molecular formula is C14H25N3O5. The van der Waals surface area contributed by atoms with Crippen molar-refractivity contribution >= 4 is 17.8 Å². The molecule has 1 aliphatic heterocycles. The second kappa shape index (κ2) is 8.70. The molecule has 22 heavy (non-hydrogen) atoms. The number of hydrogen-bond acceptors (Lipinski definition) is 5. The van der Waals surface area contributed by atoms with E-state index in [4.69, 9.17) is 10.2 Å². The summed E-state index contributed by atoms with van der Waals surface area (Å²) in [7, 11) is 0. The Balaban J connectivity index is 2.67. The van der Waals surface area contributed by atoms with Gasteiger partial charge in [-0.25, -0.2) is 4.79 Å². The molecule has 0 unspecified atom stereocenters. The van der Waals surface area contributed by atoms with E-state index in [-0.39, 0.29) is 17.9 Å². The summed E-state index contributed by atoms with van der Waals surface area (Å²) >= 11 is 0. The molecule has 2 amide bonds. The number of carbonyl (C=O) groups excluding carboxylic acids is 2. The monoisotopic (exact) mass is 315 g/mol. The first-order valence-corrected chi connectivity index (χ1v) is 7.53. The van der Waals surface area contributed by atoms with E-state index in [9.17, 15) is 14.4 Å². The highest BCUT2D eigenvalue weighted by atomic mass is 16.4. The first-order valence-electron chi connectivity index (χ1n) is 7.53. The van der Waals surface area contributed by atoms with Gasteiger partial charge in [-0.05, 0) is 31.7 Å². The molecule has 0 saturated carbocycles. The van der Waals surface area contributed by atoms with E-state index in [0.717, 1.165) is 19.4 Å². The van der Waals surface area contributed by atoms with Crippen LogP contribution in [0.5, 0.6) is 0 Å². The molecule has 0 spiro atoms. The van der Waals surface area contributed by atoms with Crippen LogP contribution in [-0.2, 0) is 14.4 Å². The van der Waals surface area contributed by atoms with Gasteiger partial charge in [-0.15, -0.1) is 0 Å². The minimum atomic E-state index is -1.37. The van der Waals surface area contributed by atoms with Gasteiger partial charge >= 0.3 is 5.97 Å². The zero-order chi connectivity index (χ0) is 16.7. The van der Waals surface area contributed by atoms with Crippen molar-refractivity contribution in [3.63, 3.8) is 0 Å². The second-order valence-corrected chi connectivity index (χ2v) is 5.92. The number of aliphatic hydroxyl groups excluding tert-OH is 1. The number of hydrogen-bond donors (Lipinski definition) is 5. The van der Waals surface area contributed by atoms with E-state index in [1.165, 1.54) is 0 Å². The number of aliphatic hydroxyl groups is 1. The third kappa shape index (κ3) is 5.61. The lowest BCUT2D eigenvalue weighted by Gasteiger charge is -2.23. The zero-order valence-electron chi connectivity index (χ0n) is 13.0. The summed E-state index contributed by atoms with van der Waals surface area (Å²) in [6, 6.07) is -2.50. The molecule has 0 radical (unpaired) electrons. The first kappa shape index (κ1) is 18.4. The van der Waals surface area contributed by atoms with E-state index >= 15 is 0 Å². The summed E-state index contributed by atoms with van der Waals surface area (Å²) in [5, 5.41) is 25.8.